The molecule has 2 aromatic rings. The van der Waals surface area contributed by atoms with E-state index in [1.807, 2.05) is 18.2 Å². The number of nitrogens with zero attached hydrogens (tertiary/aromatic N) is 1. The quantitative estimate of drug-likeness (QED) is 0.723. The summed E-state index contributed by atoms with van der Waals surface area (Å²) in [7, 11) is 0. The lowest BCUT2D eigenvalue weighted by Gasteiger charge is -1.99. The number of fused-ring (bicyclic) bond motifs is 1. The summed E-state index contributed by atoms with van der Waals surface area (Å²) in [6.45, 7) is 0.552. The van der Waals surface area contributed by atoms with Crippen LogP contribution in [0.4, 0.5) is 0 Å². The van der Waals surface area contributed by atoms with Crippen molar-refractivity contribution in [3.63, 3.8) is 0 Å². The minimum Gasteiger partial charge on any atom is -0.463 e. The van der Waals surface area contributed by atoms with Crippen LogP contribution < -0.4 is 0 Å². The number of rotatable bonds is 4. The van der Waals surface area contributed by atoms with Gasteiger partial charge in [0.1, 0.15) is 6.61 Å². The zero-order valence-corrected chi connectivity index (χ0v) is 7.93. The summed E-state index contributed by atoms with van der Waals surface area (Å²) in [4.78, 5) is 10.0. The van der Waals surface area contributed by atoms with Crippen molar-refractivity contribution >= 4 is 17.4 Å². The van der Waals surface area contributed by atoms with Crippen molar-refractivity contribution in [2.75, 3.05) is 0 Å². The molecule has 5 heteroatoms. The van der Waals surface area contributed by atoms with Gasteiger partial charge >= 0.3 is 0 Å². The first-order valence-corrected chi connectivity index (χ1v) is 4.47. The van der Waals surface area contributed by atoms with Crippen molar-refractivity contribution in [3.05, 3.63) is 29.5 Å². The minimum atomic E-state index is -0.0888. The van der Waals surface area contributed by atoms with Crippen LogP contribution >= 0.6 is 0 Å². The zero-order chi connectivity index (χ0) is 10.7. The summed E-state index contributed by atoms with van der Waals surface area (Å²) in [5.74, 6) is 0. The molecule has 1 heterocycles. The van der Waals surface area contributed by atoms with E-state index < -0.39 is 0 Å². The average Bonchev–Trinajstić information content (AvgIpc) is 2.68. The lowest BCUT2D eigenvalue weighted by molar-refractivity contribution is -0.129. The number of benzene rings is 1. The molecule has 2 N–H and O–H groups in total. The molecule has 1 aromatic heterocycles. The Morgan fingerprint density at radius 1 is 1.53 bits per heavy atom. The van der Waals surface area contributed by atoms with Crippen LogP contribution in [0.2, 0.25) is 0 Å². The second-order valence-corrected chi connectivity index (χ2v) is 3.12. The average molecular weight is 206 g/mol. The Kier molecular flexibility index (Phi) is 2.64. The fourth-order valence-corrected chi connectivity index (χ4v) is 1.45. The van der Waals surface area contributed by atoms with E-state index in [-0.39, 0.29) is 13.2 Å². The van der Waals surface area contributed by atoms with Gasteiger partial charge in [0.15, 0.2) is 0 Å². The highest BCUT2D eigenvalue weighted by molar-refractivity contribution is 5.81. The molecule has 2 rings (SSSR count). The summed E-state index contributed by atoms with van der Waals surface area (Å²) in [5, 5.41) is 16.6. The van der Waals surface area contributed by atoms with Crippen LogP contribution in [0.15, 0.2) is 18.2 Å². The summed E-state index contributed by atoms with van der Waals surface area (Å²) < 4.78 is 4.64. The summed E-state index contributed by atoms with van der Waals surface area (Å²) in [5.41, 5.74) is 2.32. The summed E-state index contributed by atoms with van der Waals surface area (Å²) in [6, 6.07) is 5.48. The first-order chi connectivity index (χ1) is 7.35. The van der Waals surface area contributed by atoms with Crippen molar-refractivity contribution in [1.29, 1.82) is 0 Å². The second-order valence-electron chi connectivity index (χ2n) is 3.12. The smallest absolute Gasteiger partial charge is 0.293 e. The molecular weight excluding hydrogens is 196 g/mol. The van der Waals surface area contributed by atoms with E-state index in [2.05, 4.69) is 14.9 Å². The number of carbonyl (C=O) groups excluding carboxylic acids is 1. The Morgan fingerprint density at radius 2 is 2.40 bits per heavy atom. The molecule has 0 spiro atoms. The first kappa shape index (κ1) is 9.67. The molecule has 0 radical (unpaired) electrons. The zero-order valence-electron chi connectivity index (χ0n) is 7.93. The molecule has 1 aromatic carbocycles. The highest BCUT2D eigenvalue weighted by Gasteiger charge is 2.04. The molecule has 0 atom stereocenters. The van der Waals surface area contributed by atoms with Crippen molar-refractivity contribution < 1.29 is 14.6 Å². The van der Waals surface area contributed by atoms with Crippen LogP contribution in [0.25, 0.3) is 10.9 Å². The largest absolute Gasteiger partial charge is 0.463 e. The van der Waals surface area contributed by atoms with Crippen LogP contribution in [0, 0.1) is 0 Å². The van der Waals surface area contributed by atoms with E-state index in [1.54, 1.807) is 0 Å². The molecule has 0 aliphatic rings. The maximum atomic E-state index is 10.0. The molecule has 15 heavy (non-hydrogen) atoms. The fourth-order valence-electron chi connectivity index (χ4n) is 1.45. The Labute approximate surface area is 85.7 Å². The number of aliphatic hydroxyl groups is 1. The summed E-state index contributed by atoms with van der Waals surface area (Å²) in [6.07, 6.45) is 0. The van der Waals surface area contributed by atoms with Gasteiger partial charge in [-0.05, 0) is 17.7 Å². The maximum Gasteiger partial charge on any atom is 0.293 e. The van der Waals surface area contributed by atoms with Gasteiger partial charge in [0.2, 0.25) is 0 Å². The number of aromatic nitrogens is 2. The van der Waals surface area contributed by atoms with E-state index in [0.29, 0.717) is 12.2 Å². The molecule has 0 fully saturated rings. The van der Waals surface area contributed by atoms with Gasteiger partial charge in [-0.2, -0.15) is 5.10 Å². The third-order valence-corrected chi connectivity index (χ3v) is 2.17. The highest BCUT2D eigenvalue weighted by Crippen LogP contribution is 2.18. The molecule has 0 amide bonds. The fraction of sp³-hybridized carbons (Fsp3) is 0.200. The Hall–Kier alpha value is -1.88. The highest BCUT2D eigenvalue weighted by atomic mass is 16.5. The van der Waals surface area contributed by atoms with Gasteiger partial charge in [0.05, 0.1) is 17.8 Å². The van der Waals surface area contributed by atoms with Crippen LogP contribution in [0.3, 0.4) is 0 Å². The number of nitrogens with one attached hydrogen (secondary N) is 1. The van der Waals surface area contributed by atoms with Crippen molar-refractivity contribution in [3.8, 4) is 0 Å². The molecule has 5 nitrogen and oxygen atoms in total. The SMILES string of the molecule is O=COCc1ccc2n[nH]c(CO)c2c1. The van der Waals surface area contributed by atoms with Gasteiger partial charge in [-0.1, -0.05) is 6.07 Å². The van der Waals surface area contributed by atoms with Crippen LogP contribution in [0.5, 0.6) is 0 Å². The van der Waals surface area contributed by atoms with Crippen molar-refractivity contribution in [1.82, 2.24) is 10.2 Å². The third-order valence-electron chi connectivity index (χ3n) is 2.17. The lowest BCUT2D eigenvalue weighted by Crippen LogP contribution is -1.90. The Balaban J connectivity index is 2.38. The number of hydrogen-bond donors (Lipinski definition) is 2. The van der Waals surface area contributed by atoms with Crippen LogP contribution in [-0.4, -0.2) is 21.8 Å². The predicted molar refractivity (Wildman–Crippen MR) is 52.9 cm³/mol. The predicted octanol–water partition coefficient (Wildman–Crippen LogP) is 0.728. The van der Waals surface area contributed by atoms with Gasteiger partial charge in [-0.3, -0.25) is 9.89 Å². The molecule has 0 aliphatic carbocycles. The van der Waals surface area contributed by atoms with Crippen LogP contribution in [-0.2, 0) is 22.7 Å². The number of H-pyrrole nitrogens is 1. The molecule has 0 saturated carbocycles. The second kappa shape index (κ2) is 4.10. The number of hydrogen-bond acceptors (Lipinski definition) is 4. The molecular formula is C10H10N2O3. The van der Waals surface area contributed by atoms with E-state index in [4.69, 9.17) is 5.11 Å². The van der Waals surface area contributed by atoms with Gasteiger partial charge in [0, 0.05) is 5.39 Å². The summed E-state index contributed by atoms with van der Waals surface area (Å²) >= 11 is 0. The number of aromatic amines is 1. The van der Waals surface area contributed by atoms with Crippen LogP contribution in [0.1, 0.15) is 11.3 Å². The topological polar surface area (TPSA) is 75.2 Å². The number of ether oxygens (including phenoxy) is 1. The van der Waals surface area contributed by atoms with Gasteiger partial charge in [0.25, 0.3) is 6.47 Å². The molecule has 78 valence electrons. The van der Waals surface area contributed by atoms with Crippen molar-refractivity contribution in [2.45, 2.75) is 13.2 Å². The van der Waals surface area contributed by atoms with E-state index in [9.17, 15) is 4.79 Å². The van der Waals surface area contributed by atoms with E-state index in [1.165, 1.54) is 0 Å². The first-order valence-electron chi connectivity index (χ1n) is 4.47. The number of aliphatic hydroxyl groups excluding tert-OH is 1. The van der Waals surface area contributed by atoms with Gasteiger partial charge < -0.3 is 9.84 Å². The maximum absolute atomic E-state index is 10.0. The molecule has 0 saturated heterocycles. The molecule has 0 unspecified atom stereocenters. The van der Waals surface area contributed by atoms with Crippen molar-refractivity contribution in [2.24, 2.45) is 0 Å². The molecule has 0 bridgehead atoms. The Bertz CT molecular complexity index is 478. The van der Waals surface area contributed by atoms with Gasteiger partial charge in [-0.15, -0.1) is 0 Å². The van der Waals surface area contributed by atoms with E-state index in [0.717, 1.165) is 16.5 Å². The molecule has 0 aliphatic heterocycles. The third kappa shape index (κ3) is 1.82. The monoisotopic (exact) mass is 206 g/mol. The van der Waals surface area contributed by atoms with Gasteiger partial charge in [-0.25, -0.2) is 0 Å². The lowest BCUT2D eigenvalue weighted by atomic mass is 10.1. The Morgan fingerprint density at radius 3 is 3.13 bits per heavy atom. The standard InChI is InChI=1S/C10H10N2O3/c13-4-10-8-3-7(5-15-6-14)1-2-9(8)11-12-10/h1-3,6,13H,4-5H2,(H,11,12). The van der Waals surface area contributed by atoms with E-state index >= 15 is 0 Å². The normalized spacial score (nSPS) is 10.5. The number of carbonyl (C=O) groups is 1. The minimum absolute atomic E-state index is 0.0888.